The van der Waals surface area contributed by atoms with Crippen LogP contribution in [0.4, 0.5) is 0 Å². The smallest absolute Gasteiger partial charge is 0.127 e. The van der Waals surface area contributed by atoms with E-state index in [1.54, 1.807) is 7.11 Å². The van der Waals surface area contributed by atoms with Crippen LogP contribution in [0.15, 0.2) is 12.1 Å². The number of carbonyl (C=O) groups is 1. The molecular formula is C14H20O2. The molecule has 0 saturated heterocycles. The van der Waals surface area contributed by atoms with Crippen LogP contribution in [0.2, 0.25) is 0 Å². The highest BCUT2D eigenvalue weighted by Crippen LogP contribution is 2.30. The third kappa shape index (κ3) is 2.43. The van der Waals surface area contributed by atoms with Gasteiger partial charge in [-0.15, -0.1) is 0 Å². The zero-order valence-electron chi connectivity index (χ0n) is 10.7. The minimum Gasteiger partial charge on any atom is -0.496 e. The molecule has 0 saturated carbocycles. The van der Waals surface area contributed by atoms with Crippen molar-refractivity contribution in [3.05, 3.63) is 28.8 Å². The van der Waals surface area contributed by atoms with E-state index in [0.717, 1.165) is 28.7 Å². The predicted octanol–water partition coefficient (Wildman–Crippen LogP) is 3.25. The summed E-state index contributed by atoms with van der Waals surface area (Å²) in [4.78, 5) is 11.1. The van der Waals surface area contributed by atoms with Crippen LogP contribution >= 0.6 is 0 Å². The monoisotopic (exact) mass is 220 g/mol. The van der Waals surface area contributed by atoms with Gasteiger partial charge in [0.2, 0.25) is 0 Å². The summed E-state index contributed by atoms with van der Waals surface area (Å²) in [5.41, 5.74) is 3.31. The van der Waals surface area contributed by atoms with Gasteiger partial charge in [0.05, 0.1) is 7.11 Å². The van der Waals surface area contributed by atoms with Crippen LogP contribution in [0.3, 0.4) is 0 Å². The highest BCUT2D eigenvalue weighted by Gasteiger charge is 2.18. The van der Waals surface area contributed by atoms with Crippen molar-refractivity contribution in [3.8, 4) is 5.75 Å². The van der Waals surface area contributed by atoms with E-state index in [2.05, 4.69) is 19.9 Å². The molecule has 1 atom stereocenters. The second-order valence-electron chi connectivity index (χ2n) is 4.58. The summed E-state index contributed by atoms with van der Waals surface area (Å²) in [6.07, 6.45) is 1.04. The molecule has 0 fully saturated rings. The second kappa shape index (κ2) is 5.15. The second-order valence-corrected chi connectivity index (χ2v) is 4.58. The number of aldehydes is 1. The van der Waals surface area contributed by atoms with Crippen LogP contribution < -0.4 is 4.74 Å². The zero-order chi connectivity index (χ0) is 12.3. The maximum Gasteiger partial charge on any atom is 0.127 e. The van der Waals surface area contributed by atoms with E-state index in [-0.39, 0.29) is 5.92 Å². The van der Waals surface area contributed by atoms with E-state index in [9.17, 15) is 4.79 Å². The van der Waals surface area contributed by atoms with E-state index in [1.807, 2.05) is 19.9 Å². The molecular weight excluding hydrogens is 200 g/mol. The van der Waals surface area contributed by atoms with Gasteiger partial charge in [-0.25, -0.2) is 0 Å². The highest BCUT2D eigenvalue weighted by atomic mass is 16.5. The molecule has 88 valence electrons. The minimum absolute atomic E-state index is 0.0235. The van der Waals surface area contributed by atoms with Crippen LogP contribution in [-0.2, 0) is 4.79 Å². The van der Waals surface area contributed by atoms with Gasteiger partial charge >= 0.3 is 0 Å². The minimum atomic E-state index is -0.0235. The third-order valence-corrected chi connectivity index (χ3v) is 3.01. The van der Waals surface area contributed by atoms with Crippen LogP contribution in [0.5, 0.6) is 5.75 Å². The lowest BCUT2D eigenvalue weighted by atomic mass is 9.86. The van der Waals surface area contributed by atoms with E-state index >= 15 is 0 Å². The molecule has 0 N–H and O–H groups in total. The Morgan fingerprint density at radius 3 is 2.25 bits per heavy atom. The Balaban J connectivity index is 3.24. The predicted molar refractivity (Wildman–Crippen MR) is 66.1 cm³/mol. The molecule has 0 aliphatic rings. The number of benzene rings is 1. The largest absolute Gasteiger partial charge is 0.496 e. The van der Waals surface area contributed by atoms with Crippen molar-refractivity contribution in [1.29, 1.82) is 0 Å². The molecule has 1 aromatic carbocycles. The van der Waals surface area contributed by atoms with Gasteiger partial charge in [0.25, 0.3) is 0 Å². The molecule has 16 heavy (non-hydrogen) atoms. The molecule has 0 aliphatic carbocycles. The Hall–Kier alpha value is -1.31. The Bertz CT molecular complexity index is 381. The van der Waals surface area contributed by atoms with Crippen molar-refractivity contribution >= 4 is 6.29 Å². The average Bonchev–Trinajstić information content (AvgIpc) is 2.23. The fourth-order valence-corrected chi connectivity index (χ4v) is 1.98. The molecule has 0 aliphatic heterocycles. The molecule has 1 unspecified atom stereocenters. The lowest BCUT2D eigenvalue weighted by Crippen LogP contribution is -2.10. The first-order valence-electron chi connectivity index (χ1n) is 5.61. The average molecular weight is 220 g/mol. The molecule has 0 bridgehead atoms. The van der Waals surface area contributed by atoms with Gasteiger partial charge in [-0.3, -0.25) is 0 Å². The number of hydrogen-bond donors (Lipinski definition) is 0. The molecule has 0 amide bonds. The normalized spacial score (nSPS) is 12.6. The Kier molecular flexibility index (Phi) is 4.11. The molecule has 2 nitrogen and oxygen atoms in total. The fraction of sp³-hybridized carbons (Fsp3) is 0.500. The van der Waals surface area contributed by atoms with E-state index in [1.165, 1.54) is 0 Å². The third-order valence-electron chi connectivity index (χ3n) is 3.01. The molecule has 1 aromatic rings. The van der Waals surface area contributed by atoms with E-state index in [0.29, 0.717) is 5.92 Å². The van der Waals surface area contributed by atoms with Gasteiger partial charge in [-0.05, 0) is 42.5 Å². The fourth-order valence-electron chi connectivity index (χ4n) is 1.98. The highest BCUT2D eigenvalue weighted by molar-refractivity contribution is 5.64. The first-order chi connectivity index (χ1) is 7.51. The van der Waals surface area contributed by atoms with Crippen molar-refractivity contribution in [1.82, 2.24) is 0 Å². The Morgan fingerprint density at radius 1 is 1.19 bits per heavy atom. The van der Waals surface area contributed by atoms with Gasteiger partial charge in [0, 0.05) is 5.92 Å². The van der Waals surface area contributed by atoms with Crippen molar-refractivity contribution in [2.45, 2.75) is 33.6 Å². The number of ether oxygens (including phenoxy) is 1. The van der Waals surface area contributed by atoms with Crippen molar-refractivity contribution in [2.75, 3.05) is 7.11 Å². The number of aryl methyl sites for hydroxylation is 2. The number of hydrogen-bond acceptors (Lipinski definition) is 2. The van der Waals surface area contributed by atoms with Gasteiger partial charge in [-0.1, -0.05) is 19.9 Å². The topological polar surface area (TPSA) is 26.3 Å². The molecule has 0 radical (unpaired) electrons. The van der Waals surface area contributed by atoms with Gasteiger partial charge in [0.15, 0.2) is 0 Å². The standard InChI is InChI=1S/C14H20O2/c1-9(2)13(8-15)12-6-11(4)14(16-5)7-10(12)3/h6-9,13H,1-5H3. The molecule has 0 spiro atoms. The number of carbonyl (C=O) groups excluding carboxylic acids is 1. The zero-order valence-corrected chi connectivity index (χ0v) is 10.7. The summed E-state index contributed by atoms with van der Waals surface area (Å²) >= 11 is 0. The molecule has 0 aromatic heterocycles. The van der Waals surface area contributed by atoms with Crippen LogP contribution in [0.1, 0.15) is 36.5 Å². The van der Waals surface area contributed by atoms with E-state index < -0.39 is 0 Å². The summed E-state index contributed by atoms with van der Waals surface area (Å²) in [5, 5.41) is 0. The first kappa shape index (κ1) is 12.8. The summed E-state index contributed by atoms with van der Waals surface area (Å²) in [5.74, 6) is 1.18. The summed E-state index contributed by atoms with van der Waals surface area (Å²) in [6, 6.07) is 4.07. The van der Waals surface area contributed by atoms with Crippen LogP contribution in [0, 0.1) is 19.8 Å². The SMILES string of the molecule is COc1cc(C)c(C(C=O)C(C)C)cc1C. The van der Waals surface area contributed by atoms with Crippen LogP contribution in [0.25, 0.3) is 0 Å². The lowest BCUT2D eigenvalue weighted by Gasteiger charge is -2.19. The number of rotatable bonds is 4. The van der Waals surface area contributed by atoms with Crippen molar-refractivity contribution in [3.63, 3.8) is 0 Å². The Morgan fingerprint density at radius 2 is 1.81 bits per heavy atom. The maximum absolute atomic E-state index is 11.1. The van der Waals surface area contributed by atoms with Gasteiger partial charge in [0.1, 0.15) is 12.0 Å². The van der Waals surface area contributed by atoms with Crippen LogP contribution in [-0.4, -0.2) is 13.4 Å². The van der Waals surface area contributed by atoms with E-state index in [4.69, 9.17) is 4.74 Å². The van der Waals surface area contributed by atoms with Crippen molar-refractivity contribution in [2.24, 2.45) is 5.92 Å². The quantitative estimate of drug-likeness (QED) is 0.728. The molecule has 0 heterocycles. The summed E-state index contributed by atoms with van der Waals surface area (Å²) in [6.45, 7) is 8.16. The Labute approximate surface area is 97.6 Å². The maximum atomic E-state index is 11.1. The van der Waals surface area contributed by atoms with Gasteiger partial charge in [-0.2, -0.15) is 0 Å². The first-order valence-corrected chi connectivity index (χ1v) is 5.61. The molecule has 1 rings (SSSR count). The molecule has 2 heteroatoms. The lowest BCUT2D eigenvalue weighted by molar-refractivity contribution is -0.109. The summed E-state index contributed by atoms with van der Waals surface area (Å²) in [7, 11) is 1.67. The van der Waals surface area contributed by atoms with Crippen molar-refractivity contribution < 1.29 is 9.53 Å². The number of methoxy groups -OCH3 is 1. The van der Waals surface area contributed by atoms with Gasteiger partial charge < -0.3 is 9.53 Å². The summed E-state index contributed by atoms with van der Waals surface area (Å²) < 4.78 is 5.27.